The molecule has 1 rings (SSSR count). The van der Waals surface area contributed by atoms with Crippen molar-refractivity contribution in [3.8, 4) is 0 Å². The van der Waals surface area contributed by atoms with Crippen molar-refractivity contribution in [2.45, 2.75) is 12.8 Å². The fraction of sp³-hybridized carbons (Fsp3) is 0.889. The van der Waals surface area contributed by atoms with Gasteiger partial charge in [-0.1, -0.05) is 0 Å². The fourth-order valence-corrected chi connectivity index (χ4v) is 1.90. The Labute approximate surface area is 78.7 Å². The van der Waals surface area contributed by atoms with Gasteiger partial charge >= 0.3 is 5.97 Å². The lowest BCUT2D eigenvalue weighted by Crippen LogP contribution is -2.29. The van der Waals surface area contributed by atoms with Gasteiger partial charge in [0.15, 0.2) is 0 Å². The molecule has 0 bridgehead atoms. The van der Waals surface area contributed by atoms with Crippen LogP contribution in [0.2, 0.25) is 0 Å². The van der Waals surface area contributed by atoms with E-state index in [0.717, 1.165) is 25.9 Å². The van der Waals surface area contributed by atoms with Gasteiger partial charge in [0.2, 0.25) is 0 Å². The number of carbonyl (C=O) groups is 1. The Morgan fingerprint density at radius 2 is 2.15 bits per heavy atom. The molecule has 0 spiro atoms. The van der Waals surface area contributed by atoms with Crippen molar-refractivity contribution < 1.29 is 9.90 Å². The largest absolute Gasteiger partial charge is 0.481 e. The minimum absolute atomic E-state index is 0.155. The van der Waals surface area contributed by atoms with Gasteiger partial charge in [-0.25, -0.2) is 0 Å². The van der Waals surface area contributed by atoms with Gasteiger partial charge in [0.05, 0.1) is 5.92 Å². The van der Waals surface area contributed by atoms with E-state index in [1.807, 2.05) is 7.05 Å². The molecule has 4 nitrogen and oxygen atoms in total. The van der Waals surface area contributed by atoms with Gasteiger partial charge in [0.25, 0.3) is 0 Å². The zero-order valence-corrected chi connectivity index (χ0v) is 8.07. The summed E-state index contributed by atoms with van der Waals surface area (Å²) in [5.74, 6) is -0.775. The number of nitrogens with zero attached hydrogens (tertiary/aromatic N) is 1. The minimum Gasteiger partial charge on any atom is -0.481 e. The zero-order chi connectivity index (χ0) is 9.84. The van der Waals surface area contributed by atoms with Gasteiger partial charge in [0.1, 0.15) is 0 Å². The molecule has 0 aromatic carbocycles. The molecule has 0 unspecified atom stereocenters. The predicted molar refractivity (Wildman–Crippen MR) is 50.4 cm³/mol. The Hall–Kier alpha value is -0.610. The molecule has 0 aromatic rings. The third kappa shape index (κ3) is 2.67. The average Bonchev–Trinajstić information content (AvgIpc) is 2.26. The van der Waals surface area contributed by atoms with E-state index in [0.29, 0.717) is 6.54 Å². The summed E-state index contributed by atoms with van der Waals surface area (Å²) in [4.78, 5) is 13.1. The van der Waals surface area contributed by atoms with Gasteiger partial charge in [0, 0.05) is 0 Å². The van der Waals surface area contributed by atoms with Crippen molar-refractivity contribution in [3.63, 3.8) is 0 Å². The van der Waals surface area contributed by atoms with Crippen LogP contribution in [0.4, 0.5) is 0 Å². The molecule has 2 atom stereocenters. The first-order valence-corrected chi connectivity index (χ1v) is 4.76. The summed E-state index contributed by atoms with van der Waals surface area (Å²) in [6.07, 6.45) is 1.64. The quantitative estimate of drug-likeness (QED) is 0.636. The number of hydrogen-bond donors (Lipinski definition) is 2. The highest BCUT2D eigenvalue weighted by molar-refractivity contribution is 5.70. The lowest BCUT2D eigenvalue weighted by molar-refractivity contribution is -0.143. The van der Waals surface area contributed by atoms with Crippen LogP contribution in [-0.2, 0) is 4.79 Å². The molecule has 0 amide bonds. The van der Waals surface area contributed by atoms with E-state index >= 15 is 0 Å². The summed E-state index contributed by atoms with van der Waals surface area (Å²) >= 11 is 0. The molecule has 1 heterocycles. The van der Waals surface area contributed by atoms with Crippen molar-refractivity contribution in [1.29, 1.82) is 0 Å². The summed E-state index contributed by atoms with van der Waals surface area (Å²) in [5.41, 5.74) is 5.56. The fourth-order valence-electron chi connectivity index (χ4n) is 1.90. The van der Waals surface area contributed by atoms with Gasteiger partial charge in [-0.3, -0.25) is 4.79 Å². The zero-order valence-electron chi connectivity index (χ0n) is 8.07. The number of likely N-dealkylation sites (tertiary alicyclic amines) is 1. The van der Waals surface area contributed by atoms with Crippen LogP contribution in [0, 0.1) is 11.8 Å². The smallest absolute Gasteiger partial charge is 0.306 e. The van der Waals surface area contributed by atoms with Crippen molar-refractivity contribution in [2.75, 3.05) is 26.7 Å². The van der Waals surface area contributed by atoms with Crippen molar-refractivity contribution in [2.24, 2.45) is 17.6 Å². The second-order valence-corrected chi connectivity index (χ2v) is 3.82. The van der Waals surface area contributed by atoms with E-state index in [1.54, 1.807) is 0 Å². The first-order chi connectivity index (χ1) is 6.15. The number of hydrogen-bond acceptors (Lipinski definition) is 3. The Bertz CT molecular complexity index is 184. The van der Waals surface area contributed by atoms with Gasteiger partial charge in [-0.15, -0.1) is 0 Å². The van der Waals surface area contributed by atoms with Crippen LogP contribution in [0.25, 0.3) is 0 Å². The van der Waals surface area contributed by atoms with E-state index in [9.17, 15) is 4.79 Å². The Morgan fingerprint density at radius 3 is 2.69 bits per heavy atom. The maximum absolute atomic E-state index is 10.9. The Balaban J connectivity index is 2.61. The summed E-state index contributed by atoms with van der Waals surface area (Å²) in [6, 6.07) is 0. The highest BCUT2D eigenvalue weighted by Crippen LogP contribution is 2.22. The van der Waals surface area contributed by atoms with Crippen LogP contribution >= 0.6 is 0 Å². The summed E-state index contributed by atoms with van der Waals surface area (Å²) < 4.78 is 0. The first kappa shape index (κ1) is 10.5. The van der Waals surface area contributed by atoms with Crippen LogP contribution in [0.5, 0.6) is 0 Å². The molecule has 0 radical (unpaired) electrons. The summed E-state index contributed by atoms with van der Waals surface area (Å²) in [7, 11) is 2.03. The van der Waals surface area contributed by atoms with Crippen LogP contribution in [0.15, 0.2) is 0 Å². The number of rotatable bonds is 2. The molecule has 3 N–H and O–H groups in total. The molecule has 76 valence electrons. The Morgan fingerprint density at radius 1 is 1.54 bits per heavy atom. The van der Waals surface area contributed by atoms with Gasteiger partial charge in [-0.05, 0) is 45.4 Å². The van der Waals surface area contributed by atoms with Gasteiger partial charge < -0.3 is 15.7 Å². The number of carboxylic acid groups (broad SMARTS) is 1. The van der Waals surface area contributed by atoms with Crippen LogP contribution in [0.1, 0.15) is 12.8 Å². The second-order valence-electron chi connectivity index (χ2n) is 3.82. The van der Waals surface area contributed by atoms with E-state index in [2.05, 4.69) is 4.90 Å². The topological polar surface area (TPSA) is 66.6 Å². The number of nitrogens with two attached hydrogens (primary N) is 1. The minimum atomic E-state index is -0.689. The van der Waals surface area contributed by atoms with Crippen LogP contribution in [-0.4, -0.2) is 42.7 Å². The number of carboxylic acids is 1. The molecule has 0 aliphatic carbocycles. The number of aliphatic carboxylic acids is 1. The molecule has 1 saturated heterocycles. The Kier molecular flexibility index (Phi) is 3.69. The normalized spacial score (nSPS) is 31.2. The monoisotopic (exact) mass is 186 g/mol. The second kappa shape index (κ2) is 4.58. The van der Waals surface area contributed by atoms with Gasteiger partial charge in [-0.2, -0.15) is 0 Å². The first-order valence-electron chi connectivity index (χ1n) is 4.76. The van der Waals surface area contributed by atoms with E-state index in [1.165, 1.54) is 0 Å². The maximum atomic E-state index is 10.9. The molecule has 1 aliphatic rings. The van der Waals surface area contributed by atoms with Crippen LogP contribution < -0.4 is 5.73 Å². The predicted octanol–water partition coefficient (Wildman–Crippen LogP) is -0.0123. The standard InChI is InChI=1S/C9H18N2O2/c1-11-4-2-7(6-10)8(3-5-11)9(12)13/h7-8H,2-6,10H2,1H3,(H,12,13)/t7-,8+/m0/s1. The molecular weight excluding hydrogens is 168 g/mol. The van der Waals surface area contributed by atoms with Crippen molar-refractivity contribution in [3.05, 3.63) is 0 Å². The molecule has 1 aliphatic heterocycles. The van der Waals surface area contributed by atoms with Crippen LogP contribution in [0.3, 0.4) is 0 Å². The maximum Gasteiger partial charge on any atom is 0.306 e. The van der Waals surface area contributed by atoms with E-state index in [4.69, 9.17) is 10.8 Å². The molecule has 13 heavy (non-hydrogen) atoms. The lowest BCUT2D eigenvalue weighted by Gasteiger charge is -2.18. The van der Waals surface area contributed by atoms with Crippen molar-refractivity contribution in [1.82, 2.24) is 4.90 Å². The third-order valence-electron chi connectivity index (χ3n) is 2.89. The van der Waals surface area contributed by atoms with E-state index < -0.39 is 5.97 Å². The average molecular weight is 186 g/mol. The molecule has 0 aromatic heterocycles. The molecule has 4 heteroatoms. The molecule has 0 saturated carbocycles. The summed E-state index contributed by atoms with van der Waals surface area (Å²) in [5, 5.41) is 8.98. The van der Waals surface area contributed by atoms with E-state index in [-0.39, 0.29) is 11.8 Å². The molecular formula is C9H18N2O2. The van der Waals surface area contributed by atoms with Crippen molar-refractivity contribution >= 4 is 5.97 Å². The lowest BCUT2D eigenvalue weighted by atomic mass is 9.88. The highest BCUT2D eigenvalue weighted by atomic mass is 16.4. The SMILES string of the molecule is CN1CC[C@@H](CN)[C@H](C(=O)O)CC1. The highest BCUT2D eigenvalue weighted by Gasteiger charge is 2.29. The summed E-state index contributed by atoms with van der Waals surface area (Å²) in [6.45, 7) is 2.32. The molecule has 1 fully saturated rings. The third-order valence-corrected chi connectivity index (χ3v) is 2.89.